The highest BCUT2D eigenvalue weighted by Crippen LogP contribution is 2.24. The highest BCUT2D eigenvalue weighted by atomic mass is 79.9. The van der Waals surface area contributed by atoms with Crippen LogP contribution in [0.3, 0.4) is 0 Å². The molecule has 1 aromatic carbocycles. The zero-order valence-electron chi connectivity index (χ0n) is 11.5. The number of likely N-dealkylation sites (N-methyl/N-ethyl adjacent to an activating group) is 1. The molecule has 1 aromatic heterocycles. The van der Waals surface area contributed by atoms with E-state index in [9.17, 15) is 0 Å². The fourth-order valence-electron chi connectivity index (χ4n) is 2.15. The highest BCUT2D eigenvalue weighted by Gasteiger charge is 2.13. The van der Waals surface area contributed by atoms with Gasteiger partial charge in [0.25, 0.3) is 0 Å². The van der Waals surface area contributed by atoms with Gasteiger partial charge in [0.05, 0.1) is 10.7 Å². The Morgan fingerprint density at radius 1 is 1.37 bits per heavy atom. The lowest BCUT2D eigenvalue weighted by atomic mass is 10.0. The first-order chi connectivity index (χ1) is 9.10. The second-order valence-electron chi connectivity index (χ2n) is 4.68. The lowest BCUT2D eigenvalue weighted by molar-refractivity contribution is 0.544. The normalized spacial score (nSPS) is 12.6. The minimum atomic E-state index is 0.332. The number of nitrogens with zero attached hydrogens (tertiary/aromatic N) is 1. The van der Waals surface area contributed by atoms with Crippen molar-refractivity contribution in [3.05, 3.63) is 49.9 Å². The van der Waals surface area contributed by atoms with Crippen molar-refractivity contribution < 1.29 is 0 Å². The van der Waals surface area contributed by atoms with Crippen molar-refractivity contribution in [1.29, 1.82) is 0 Å². The van der Waals surface area contributed by atoms with Crippen LogP contribution in [0, 0.1) is 13.8 Å². The predicted octanol–water partition coefficient (Wildman–Crippen LogP) is 4.42. The predicted molar refractivity (Wildman–Crippen MR) is 85.9 cm³/mol. The van der Waals surface area contributed by atoms with Crippen LogP contribution in [0.25, 0.3) is 0 Å². The van der Waals surface area contributed by atoms with Crippen molar-refractivity contribution in [2.45, 2.75) is 33.2 Å². The highest BCUT2D eigenvalue weighted by molar-refractivity contribution is 9.10. The van der Waals surface area contributed by atoms with Gasteiger partial charge in [-0.25, -0.2) is 4.98 Å². The molecule has 0 amide bonds. The Kier molecular flexibility index (Phi) is 5.13. The minimum Gasteiger partial charge on any atom is -0.310 e. The van der Waals surface area contributed by atoms with E-state index in [1.165, 1.54) is 16.8 Å². The molecule has 0 aliphatic rings. The zero-order chi connectivity index (χ0) is 13.8. The summed E-state index contributed by atoms with van der Waals surface area (Å²) in [6.45, 7) is 7.29. The molecule has 2 aromatic rings. The van der Waals surface area contributed by atoms with Gasteiger partial charge in [0.1, 0.15) is 0 Å². The summed E-state index contributed by atoms with van der Waals surface area (Å²) >= 11 is 5.28. The Bertz CT molecular complexity index is 551. The van der Waals surface area contributed by atoms with E-state index >= 15 is 0 Å². The molecule has 0 aliphatic carbocycles. The number of aromatic nitrogens is 1. The van der Waals surface area contributed by atoms with Crippen LogP contribution in [0.15, 0.2) is 28.1 Å². The molecule has 0 fully saturated rings. The SMILES string of the molecule is CCNC(Cc1csc(C)n1)c1ccc(Br)c(C)c1. The summed E-state index contributed by atoms with van der Waals surface area (Å²) in [5.74, 6) is 0. The summed E-state index contributed by atoms with van der Waals surface area (Å²) in [4.78, 5) is 4.57. The number of hydrogen-bond donors (Lipinski definition) is 1. The Labute approximate surface area is 127 Å². The lowest BCUT2D eigenvalue weighted by Gasteiger charge is -2.18. The van der Waals surface area contributed by atoms with Gasteiger partial charge in [-0.3, -0.25) is 0 Å². The van der Waals surface area contributed by atoms with E-state index in [0.717, 1.165) is 22.4 Å². The molecule has 0 aliphatic heterocycles. The minimum absolute atomic E-state index is 0.332. The number of benzene rings is 1. The van der Waals surface area contributed by atoms with Gasteiger partial charge in [-0.2, -0.15) is 0 Å². The average molecular weight is 339 g/mol. The van der Waals surface area contributed by atoms with Crippen molar-refractivity contribution in [3.8, 4) is 0 Å². The molecule has 1 atom stereocenters. The Morgan fingerprint density at radius 3 is 2.74 bits per heavy atom. The maximum absolute atomic E-state index is 4.57. The molecular formula is C15H19BrN2S. The fraction of sp³-hybridized carbons (Fsp3) is 0.400. The second kappa shape index (κ2) is 6.64. The van der Waals surface area contributed by atoms with Crippen molar-refractivity contribution in [2.24, 2.45) is 0 Å². The fourth-order valence-corrected chi connectivity index (χ4v) is 3.02. The zero-order valence-corrected chi connectivity index (χ0v) is 13.9. The Hall–Kier alpha value is -0.710. The van der Waals surface area contributed by atoms with Gasteiger partial charge >= 0.3 is 0 Å². The van der Waals surface area contributed by atoms with Gasteiger partial charge in [-0.1, -0.05) is 35.0 Å². The second-order valence-corrected chi connectivity index (χ2v) is 6.60. The van der Waals surface area contributed by atoms with Crippen LogP contribution in [0.2, 0.25) is 0 Å². The third-order valence-electron chi connectivity index (χ3n) is 3.11. The Balaban J connectivity index is 2.21. The monoisotopic (exact) mass is 338 g/mol. The van der Waals surface area contributed by atoms with E-state index in [4.69, 9.17) is 0 Å². The van der Waals surface area contributed by atoms with Crippen LogP contribution in [0.1, 0.15) is 34.8 Å². The van der Waals surface area contributed by atoms with Crippen molar-refractivity contribution in [2.75, 3.05) is 6.54 Å². The summed E-state index contributed by atoms with van der Waals surface area (Å²) in [5, 5.41) is 6.85. The van der Waals surface area contributed by atoms with Crippen LogP contribution in [-0.4, -0.2) is 11.5 Å². The first kappa shape index (κ1) is 14.7. The van der Waals surface area contributed by atoms with Crippen molar-refractivity contribution >= 4 is 27.3 Å². The van der Waals surface area contributed by atoms with Gasteiger partial charge in [0.15, 0.2) is 0 Å². The molecule has 1 heterocycles. The van der Waals surface area contributed by atoms with E-state index in [-0.39, 0.29) is 0 Å². The molecule has 0 saturated carbocycles. The summed E-state index contributed by atoms with van der Waals surface area (Å²) in [6, 6.07) is 6.89. The summed E-state index contributed by atoms with van der Waals surface area (Å²) in [5.41, 5.74) is 3.78. The van der Waals surface area contributed by atoms with Crippen molar-refractivity contribution in [1.82, 2.24) is 10.3 Å². The summed E-state index contributed by atoms with van der Waals surface area (Å²) in [7, 11) is 0. The van der Waals surface area contributed by atoms with E-state index in [1.807, 2.05) is 0 Å². The molecule has 2 rings (SSSR count). The molecule has 0 spiro atoms. The maximum atomic E-state index is 4.57. The van der Waals surface area contributed by atoms with E-state index < -0.39 is 0 Å². The smallest absolute Gasteiger partial charge is 0.0897 e. The number of halogens is 1. The van der Waals surface area contributed by atoms with Gasteiger partial charge < -0.3 is 5.32 Å². The van der Waals surface area contributed by atoms with Crippen LogP contribution in [0.5, 0.6) is 0 Å². The van der Waals surface area contributed by atoms with Crippen LogP contribution in [-0.2, 0) is 6.42 Å². The lowest BCUT2D eigenvalue weighted by Crippen LogP contribution is -2.23. The van der Waals surface area contributed by atoms with Gasteiger partial charge in [-0.15, -0.1) is 11.3 Å². The van der Waals surface area contributed by atoms with Crippen LogP contribution < -0.4 is 5.32 Å². The molecule has 2 nitrogen and oxygen atoms in total. The Morgan fingerprint density at radius 2 is 2.16 bits per heavy atom. The molecular weight excluding hydrogens is 320 g/mol. The number of nitrogens with one attached hydrogen (secondary N) is 1. The van der Waals surface area contributed by atoms with Crippen molar-refractivity contribution in [3.63, 3.8) is 0 Å². The van der Waals surface area contributed by atoms with E-state index in [1.54, 1.807) is 11.3 Å². The van der Waals surface area contributed by atoms with Crippen LogP contribution in [0.4, 0.5) is 0 Å². The van der Waals surface area contributed by atoms with Gasteiger partial charge in [-0.05, 0) is 37.6 Å². The number of thiazole rings is 1. The first-order valence-electron chi connectivity index (χ1n) is 6.50. The average Bonchev–Trinajstić information content (AvgIpc) is 2.78. The third kappa shape index (κ3) is 3.88. The maximum Gasteiger partial charge on any atom is 0.0897 e. The molecule has 4 heteroatoms. The topological polar surface area (TPSA) is 24.9 Å². The molecule has 0 bridgehead atoms. The number of rotatable bonds is 5. The third-order valence-corrected chi connectivity index (χ3v) is 4.83. The van der Waals surface area contributed by atoms with Gasteiger partial charge in [0, 0.05) is 22.3 Å². The molecule has 19 heavy (non-hydrogen) atoms. The molecule has 1 unspecified atom stereocenters. The van der Waals surface area contributed by atoms with E-state index in [2.05, 4.69) is 70.6 Å². The first-order valence-corrected chi connectivity index (χ1v) is 8.18. The number of aryl methyl sites for hydroxylation is 2. The largest absolute Gasteiger partial charge is 0.310 e. The molecule has 0 saturated heterocycles. The van der Waals surface area contributed by atoms with Gasteiger partial charge in [0.2, 0.25) is 0 Å². The number of hydrogen-bond acceptors (Lipinski definition) is 3. The van der Waals surface area contributed by atoms with Crippen LogP contribution >= 0.6 is 27.3 Å². The summed E-state index contributed by atoms with van der Waals surface area (Å²) in [6.07, 6.45) is 0.944. The molecule has 1 N–H and O–H groups in total. The summed E-state index contributed by atoms with van der Waals surface area (Å²) < 4.78 is 1.16. The quantitative estimate of drug-likeness (QED) is 0.872. The van der Waals surface area contributed by atoms with E-state index in [0.29, 0.717) is 6.04 Å². The molecule has 102 valence electrons. The molecule has 0 radical (unpaired) electrons. The standard InChI is InChI=1S/C15H19BrN2S/c1-4-17-15(8-13-9-19-11(3)18-13)12-5-6-14(16)10(2)7-12/h5-7,9,15,17H,4,8H2,1-3H3.